The van der Waals surface area contributed by atoms with E-state index in [4.69, 9.17) is 13.9 Å². The van der Waals surface area contributed by atoms with Crippen LogP contribution in [0.1, 0.15) is 26.7 Å². The van der Waals surface area contributed by atoms with Gasteiger partial charge in [-0.1, -0.05) is 6.92 Å². The normalized spacial score (nSPS) is 19.6. The Kier molecular flexibility index (Phi) is 6.48. The Morgan fingerprint density at radius 2 is 2.13 bits per heavy atom. The van der Waals surface area contributed by atoms with Gasteiger partial charge in [0.15, 0.2) is 9.76 Å². The van der Waals surface area contributed by atoms with Crippen molar-refractivity contribution in [1.29, 1.82) is 0 Å². The van der Waals surface area contributed by atoms with Crippen LogP contribution in [0.25, 0.3) is 0 Å². The van der Waals surface area contributed by atoms with Crippen LogP contribution in [0, 0.1) is 5.41 Å². The fraction of sp³-hybridized carbons (Fsp3) is 1.00. The lowest BCUT2D eigenvalue weighted by molar-refractivity contribution is -0.150. The smallest absolute Gasteiger partial charge is 0.161 e. The minimum absolute atomic E-state index is 0.252. The van der Waals surface area contributed by atoms with Gasteiger partial charge in [0.1, 0.15) is 0 Å². The predicted octanol–water partition coefficient (Wildman–Crippen LogP) is 1.36. The highest BCUT2D eigenvalue weighted by Gasteiger charge is 2.36. The topological polar surface area (TPSA) is 27.7 Å². The Labute approximate surface area is 95.4 Å². The molecule has 1 rings (SSSR count). The zero-order valence-electron chi connectivity index (χ0n) is 10.1. The molecule has 0 amide bonds. The van der Waals surface area contributed by atoms with Crippen molar-refractivity contribution in [2.45, 2.75) is 32.7 Å². The first-order chi connectivity index (χ1) is 7.33. The Hall–Kier alpha value is 0.0969. The van der Waals surface area contributed by atoms with Gasteiger partial charge in [-0.05, 0) is 25.8 Å². The minimum atomic E-state index is -0.252. The summed E-state index contributed by atoms with van der Waals surface area (Å²) < 4.78 is 16.3. The number of rotatable bonds is 9. The molecule has 0 atom stereocenters. The largest absolute Gasteiger partial charge is 0.424 e. The Balaban J connectivity index is 1.88. The summed E-state index contributed by atoms with van der Waals surface area (Å²) in [6.45, 7) is 8.69. The molecule has 15 heavy (non-hydrogen) atoms. The van der Waals surface area contributed by atoms with Gasteiger partial charge in [0.05, 0.1) is 19.8 Å². The van der Waals surface area contributed by atoms with Crippen molar-refractivity contribution < 1.29 is 13.9 Å². The van der Waals surface area contributed by atoms with Crippen molar-refractivity contribution in [3.05, 3.63) is 0 Å². The molecule has 90 valence electrons. The molecule has 4 heteroatoms. The highest BCUT2D eigenvalue weighted by atomic mass is 28.2. The quantitative estimate of drug-likeness (QED) is 0.444. The summed E-state index contributed by atoms with van der Waals surface area (Å²) >= 11 is 0. The fourth-order valence-corrected chi connectivity index (χ4v) is 2.52. The molecule has 1 aliphatic heterocycles. The lowest BCUT2D eigenvalue weighted by Crippen LogP contribution is -2.45. The molecule has 0 aromatic carbocycles. The van der Waals surface area contributed by atoms with Gasteiger partial charge in [-0.3, -0.25) is 0 Å². The summed E-state index contributed by atoms with van der Waals surface area (Å²) in [7, 11) is -0.252. The van der Waals surface area contributed by atoms with Crippen LogP contribution in [0.4, 0.5) is 0 Å². The van der Waals surface area contributed by atoms with E-state index in [1.54, 1.807) is 0 Å². The van der Waals surface area contributed by atoms with E-state index >= 15 is 0 Å². The zero-order valence-corrected chi connectivity index (χ0v) is 11.5. The average Bonchev–Trinajstić information content (AvgIpc) is 2.20. The van der Waals surface area contributed by atoms with Gasteiger partial charge >= 0.3 is 0 Å². The van der Waals surface area contributed by atoms with Crippen molar-refractivity contribution in [2.75, 3.05) is 33.0 Å². The SMILES string of the molecule is CCO[SiH2]CCCOCC1(CC)COC1. The highest BCUT2D eigenvalue weighted by Crippen LogP contribution is 2.31. The van der Waals surface area contributed by atoms with Crippen LogP contribution in [0.3, 0.4) is 0 Å². The molecule has 1 saturated heterocycles. The lowest BCUT2D eigenvalue weighted by Gasteiger charge is -2.40. The van der Waals surface area contributed by atoms with E-state index in [0.29, 0.717) is 5.41 Å². The summed E-state index contributed by atoms with van der Waals surface area (Å²) in [6.07, 6.45) is 2.33. The molecule has 0 unspecified atom stereocenters. The molecule has 0 saturated carbocycles. The van der Waals surface area contributed by atoms with Gasteiger partial charge in [0, 0.05) is 18.6 Å². The van der Waals surface area contributed by atoms with Crippen LogP contribution < -0.4 is 0 Å². The van der Waals surface area contributed by atoms with E-state index in [-0.39, 0.29) is 9.76 Å². The van der Waals surface area contributed by atoms with Crippen molar-refractivity contribution in [2.24, 2.45) is 5.41 Å². The number of hydrogen-bond donors (Lipinski definition) is 0. The van der Waals surface area contributed by atoms with Gasteiger partial charge in [0.2, 0.25) is 0 Å². The predicted molar refractivity (Wildman–Crippen MR) is 64.0 cm³/mol. The summed E-state index contributed by atoms with van der Waals surface area (Å²) in [4.78, 5) is 0. The third kappa shape index (κ3) is 4.63. The molecule has 0 N–H and O–H groups in total. The second-order valence-corrected chi connectivity index (χ2v) is 5.83. The molecule has 1 fully saturated rings. The lowest BCUT2D eigenvalue weighted by atomic mass is 9.84. The Bertz CT molecular complexity index is 154. The van der Waals surface area contributed by atoms with Crippen LogP contribution in [-0.2, 0) is 13.9 Å². The number of hydrogen-bond acceptors (Lipinski definition) is 3. The van der Waals surface area contributed by atoms with Crippen LogP contribution >= 0.6 is 0 Å². The Morgan fingerprint density at radius 3 is 2.67 bits per heavy atom. The van der Waals surface area contributed by atoms with Crippen LogP contribution in [0.15, 0.2) is 0 Å². The summed E-state index contributed by atoms with van der Waals surface area (Å²) in [5, 5.41) is 0. The summed E-state index contributed by atoms with van der Waals surface area (Å²) in [6, 6.07) is 1.24. The molecule has 1 aliphatic rings. The van der Waals surface area contributed by atoms with Crippen molar-refractivity contribution >= 4 is 9.76 Å². The third-order valence-electron chi connectivity index (χ3n) is 3.01. The maximum atomic E-state index is 5.70. The standard InChI is InChI=1S/C11H24O3Si/c1-3-11(9-13-10-11)8-12-6-5-7-15-14-4-2/h3-10,15H2,1-2H3. The van der Waals surface area contributed by atoms with Crippen molar-refractivity contribution in [3.63, 3.8) is 0 Å². The van der Waals surface area contributed by atoms with E-state index < -0.39 is 0 Å². The molecule has 0 bridgehead atoms. The van der Waals surface area contributed by atoms with Gasteiger partial charge in [-0.2, -0.15) is 0 Å². The monoisotopic (exact) mass is 232 g/mol. The van der Waals surface area contributed by atoms with E-state index in [0.717, 1.165) is 39.5 Å². The highest BCUT2D eigenvalue weighted by molar-refractivity contribution is 6.26. The maximum Gasteiger partial charge on any atom is 0.161 e. The van der Waals surface area contributed by atoms with E-state index in [2.05, 4.69) is 13.8 Å². The molecule has 0 spiro atoms. The van der Waals surface area contributed by atoms with Crippen LogP contribution in [-0.4, -0.2) is 42.8 Å². The first-order valence-corrected chi connectivity index (χ1v) is 7.64. The van der Waals surface area contributed by atoms with Crippen LogP contribution in [0.5, 0.6) is 0 Å². The minimum Gasteiger partial charge on any atom is -0.424 e. The van der Waals surface area contributed by atoms with Crippen molar-refractivity contribution in [1.82, 2.24) is 0 Å². The fourth-order valence-electron chi connectivity index (χ4n) is 1.62. The molecule has 3 nitrogen and oxygen atoms in total. The first kappa shape index (κ1) is 13.2. The molecular weight excluding hydrogens is 208 g/mol. The second kappa shape index (κ2) is 7.38. The third-order valence-corrected chi connectivity index (χ3v) is 4.49. The van der Waals surface area contributed by atoms with Gasteiger partial charge in [-0.25, -0.2) is 0 Å². The first-order valence-electron chi connectivity index (χ1n) is 6.06. The van der Waals surface area contributed by atoms with Crippen LogP contribution in [0.2, 0.25) is 6.04 Å². The molecule has 1 heterocycles. The van der Waals surface area contributed by atoms with Gasteiger partial charge in [0.25, 0.3) is 0 Å². The van der Waals surface area contributed by atoms with E-state index in [9.17, 15) is 0 Å². The van der Waals surface area contributed by atoms with E-state index in [1.165, 1.54) is 12.5 Å². The molecule has 0 aromatic heterocycles. The number of ether oxygens (including phenoxy) is 2. The second-order valence-electron chi connectivity index (χ2n) is 4.30. The molecule has 0 radical (unpaired) electrons. The van der Waals surface area contributed by atoms with Crippen molar-refractivity contribution in [3.8, 4) is 0 Å². The summed E-state index contributed by atoms with van der Waals surface area (Å²) in [5.41, 5.74) is 0.345. The van der Waals surface area contributed by atoms with Gasteiger partial charge < -0.3 is 13.9 Å². The van der Waals surface area contributed by atoms with E-state index in [1.807, 2.05) is 0 Å². The average molecular weight is 232 g/mol. The molecule has 0 aromatic rings. The maximum absolute atomic E-state index is 5.70. The zero-order chi connectivity index (χ0) is 11.0. The Morgan fingerprint density at radius 1 is 1.33 bits per heavy atom. The summed E-state index contributed by atoms with van der Waals surface area (Å²) in [5.74, 6) is 0. The van der Waals surface area contributed by atoms with Gasteiger partial charge in [-0.15, -0.1) is 0 Å². The molecule has 0 aliphatic carbocycles. The molecular formula is C11H24O3Si.